The average molecular weight is 687 g/mol. The molecule has 0 aliphatic rings. The zero-order valence-corrected chi connectivity index (χ0v) is 28.7. The zero-order chi connectivity index (χ0) is 33.5. The van der Waals surface area contributed by atoms with E-state index in [1.165, 1.54) is 45.7 Å². The number of thiophene rings is 2. The second-order valence-electron chi connectivity index (χ2n) is 12.8. The number of hydrogen-bond donors (Lipinski definition) is 0. The number of benzene rings is 7. The van der Waals surface area contributed by atoms with Gasteiger partial charge in [-0.05, 0) is 48.5 Å². The van der Waals surface area contributed by atoms with Gasteiger partial charge in [-0.1, -0.05) is 109 Å². The van der Waals surface area contributed by atoms with E-state index in [0.717, 1.165) is 38.8 Å². The monoisotopic (exact) mass is 686 g/mol. The number of para-hydroxylation sites is 2. The Morgan fingerprint density at radius 3 is 1.80 bits per heavy atom. The van der Waals surface area contributed by atoms with Crippen LogP contribution in [-0.2, 0) is 0 Å². The van der Waals surface area contributed by atoms with E-state index in [1.807, 2.05) is 29.5 Å². The van der Waals surface area contributed by atoms with Crippen LogP contribution in [0.5, 0.6) is 0 Å². The third kappa shape index (κ3) is 4.40. The highest BCUT2D eigenvalue weighted by Crippen LogP contribution is 2.42. The zero-order valence-electron chi connectivity index (χ0n) is 27.1. The Bertz CT molecular complexity index is 3150. The molecule has 0 saturated heterocycles. The third-order valence-corrected chi connectivity index (χ3v) is 12.2. The number of hydrogen-bond acceptors (Lipinski definition) is 5. The molecule has 4 aromatic heterocycles. The Morgan fingerprint density at radius 2 is 0.980 bits per heavy atom. The summed E-state index contributed by atoms with van der Waals surface area (Å²) in [5, 5.41) is 7.37. The van der Waals surface area contributed by atoms with Crippen LogP contribution in [0.3, 0.4) is 0 Å². The summed E-state index contributed by atoms with van der Waals surface area (Å²) in [5.41, 5.74) is 6.26. The van der Waals surface area contributed by atoms with Crippen LogP contribution in [0.1, 0.15) is 0 Å². The minimum absolute atomic E-state index is 0.647. The highest BCUT2D eigenvalue weighted by Gasteiger charge is 2.21. The quantitative estimate of drug-likeness (QED) is 0.185. The van der Waals surface area contributed by atoms with Crippen molar-refractivity contribution in [3.63, 3.8) is 0 Å². The summed E-state index contributed by atoms with van der Waals surface area (Å²) in [6, 6.07) is 56.0. The molecule has 0 amide bonds. The predicted molar refractivity (Wildman–Crippen MR) is 216 cm³/mol. The molecule has 0 aliphatic heterocycles. The Kier molecular flexibility index (Phi) is 6.26. The average Bonchev–Trinajstić information content (AvgIpc) is 3.87. The summed E-state index contributed by atoms with van der Waals surface area (Å²) >= 11 is 3.63. The molecule has 4 heterocycles. The van der Waals surface area contributed by atoms with Gasteiger partial charge in [0, 0.05) is 73.5 Å². The lowest BCUT2D eigenvalue weighted by Gasteiger charge is -2.13. The molecule has 0 aliphatic carbocycles. The van der Waals surface area contributed by atoms with Crippen molar-refractivity contribution in [3.8, 4) is 39.9 Å². The summed E-state index contributed by atoms with van der Waals surface area (Å²) in [4.78, 5) is 15.7. The van der Waals surface area contributed by atoms with Gasteiger partial charge in [-0.15, -0.1) is 22.7 Å². The fourth-order valence-electron chi connectivity index (χ4n) is 7.58. The summed E-state index contributed by atoms with van der Waals surface area (Å²) < 4.78 is 7.41. The molecular weight excluding hydrogens is 661 g/mol. The molecule has 0 unspecified atom stereocenters. The Hall–Kier alpha value is -6.21. The van der Waals surface area contributed by atoms with Crippen LogP contribution < -0.4 is 0 Å². The van der Waals surface area contributed by atoms with Crippen molar-refractivity contribution in [2.45, 2.75) is 0 Å². The topological polar surface area (TPSA) is 43.6 Å². The van der Waals surface area contributed by atoms with Crippen molar-refractivity contribution in [2.75, 3.05) is 0 Å². The molecule has 0 N–H and O–H groups in total. The van der Waals surface area contributed by atoms with Gasteiger partial charge in [-0.25, -0.2) is 15.0 Å². The van der Waals surface area contributed by atoms with Crippen LogP contribution >= 0.6 is 22.7 Å². The van der Waals surface area contributed by atoms with E-state index in [9.17, 15) is 0 Å². The minimum atomic E-state index is 0.647. The molecule has 0 atom stereocenters. The number of fused-ring (bicyclic) bond motifs is 9. The molecule has 4 nitrogen and oxygen atoms in total. The summed E-state index contributed by atoms with van der Waals surface area (Å²) in [7, 11) is 0. The van der Waals surface area contributed by atoms with Gasteiger partial charge < -0.3 is 4.57 Å². The summed E-state index contributed by atoms with van der Waals surface area (Å²) in [5.74, 6) is 1.97. The largest absolute Gasteiger partial charge is 0.308 e. The van der Waals surface area contributed by atoms with Crippen molar-refractivity contribution >= 4 is 84.8 Å². The smallest absolute Gasteiger partial charge is 0.166 e. The van der Waals surface area contributed by atoms with E-state index in [-0.39, 0.29) is 0 Å². The maximum Gasteiger partial charge on any atom is 0.166 e. The molecule has 0 fully saturated rings. The first-order valence-electron chi connectivity index (χ1n) is 16.9. The minimum Gasteiger partial charge on any atom is -0.308 e. The van der Waals surface area contributed by atoms with E-state index >= 15 is 0 Å². The van der Waals surface area contributed by atoms with Crippen LogP contribution in [0.2, 0.25) is 0 Å². The molecule has 51 heavy (non-hydrogen) atoms. The normalized spacial score (nSPS) is 11.9. The molecule has 238 valence electrons. The van der Waals surface area contributed by atoms with Crippen LogP contribution in [0, 0.1) is 0 Å². The fraction of sp³-hybridized carbons (Fsp3) is 0. The first kappa shape index (κ1) is 28.6. The van der Waals surface area contributed by atoms with E-state index in [1.54, 1.807) is 11.3 Å². The van der Waals surface area contributed by atoms with Gasteiger partial charge in [0.15, 0.2) is 17.5 Å². The predicted octanol–water partition coefficient (Wildman–Crippen LogP) is 12.7. The van der Waals surface area contributed by atoms with Gasteiger partial charge in [-0.2, -0.15) is 0 Å². The number of rotatable bonds is 4. The van der Waals surface area contributed by atoms with E-state index in [4.69, 9.17) is 15.0 Å². The molecule has 0 bridgehead atoms. The van der Waals surface area contributed by atoms with Crippen LogP contribution in [0.25, 0.3) is 102 Å². The Balaban J connectivity index is 1.21. The van der Waals surface area contributed by atoms with Crippen LogP contribution in [-0.4, -0.2) is 19.5 Å². The SMILES string of the molecule is c1ccc(-c2nc(-c3cccc4c3sc3ccccc34)nc(-c3cccc4c5ccccc5n(-c5ccc6sc7ccccc7c6c5)c34)n2)cc1. The van der Waals surface area contributed by atoms with Crippen LogP contribution in [0.15, 0.2) is 158 Å². The second-order valence-corrected chi connectivity index (χ2v) is 14.9. The standard InChI is InChI=1S/C45H26N4S2/c1-2-12-27(13-3-1)43-46-44(48-45(47-43)35-20-11-18-33-30-15-5-9-23-39(30)51-42(33)35)34-19-10-17-32-29-14-4-7-21-37(29)49(41(32)34)28-24-25-40-36(26-28)31-16-6-8-22-38(31)50-40/h1-26H. The summed E-state index contributed by atoms with van der Waals surface area (Å²) in [6.07, 6.45) is 0. The fourth-order valence-corrected chi connectivity index (χ4v) is 9.87. The molecule has 11 aromatic rings. The Labute approximate surface area is 300 Å². The van der Waals surface area contributed by atoms with Crippen molar-refractivity contribution in [1.82, 2.24) is 19.5 Å². The lowest BCUT2D eigenvalue weighted by Crippen LogP contribution is -2.02. The van der Waals surface area contributed by atoms with Crippen molar-refractivity contribution < 1.29 is 0 Å². The van der Waals surface area contributed by atoms with Gasteiger partial charge in [0.1, 0.15) is 0 Å². The molecule has 11 rings (SSSR count). The highest BCUT2D eigenvalue weighted by atomic mass is 32.1. The van der Waals surface area contributed by atoms with E-state index < -0.39 is 0 Å². The highest BCUT2D eigenvalue weighted by molar-refractivity contribution is 7.26. The lowest BCUT2D eigenvalue weighted by molar-refractivity contribution is 1.07. The summed E-state index contributed by atoms with van der Waals surface area (Å²) in [6.45, 7) is 0. The number of nitrogens with zero attached hydrogens (tertiary/aromatic N) is 4. The third-order valence-electron chi connectivity index (χ3n) is 9.87. The molecule has 6 heteroatoms. The van der Waals surface area contributed by atoms with Crippen molar-refractivity contribution in [3.05, 3.63) is 158 Å². The van der Waals surface area contributed by atoms with Crippen molar-refractivity contribution in [1.29, 1.82) is 0 Å². The Morgan fingerprint density at radius 1 is 0.392 bits per heavy atom. The second kappa shape index (κ2) is 11.2. The first-order chi connectivity index (χ1) is 25.3. The molecule has 0 radical (unpaired) electrons. The first-order valence-corrected chi connectivity index (χ1v) is 18.6. The van der Waals surface area contributed by atoms with Crippen LogP contribution in [0.4, 0.5) is 0 Å². The van der Waals surface area contributed by atoms with Gasteiger partial charge in [0.25, 0.3) is 0 Å². The van der Waals surface area contributed by atoms with E-state index in [2.05, 4.69) is 144 Å². The molecule has 0 spiro atoms. The maximum absolute atomic E-state index is 5.33. The lowest BCUT2D eigenvalue weighted by atomic mass is 10.1. The maximum atomic E-state index is 5.33. The molecule has 7 aromatic carbocycles. The van der Waals surface area contributed by atoms with E-state index in [0.29, 0.717) is 17.5 Å². The van der Waals surface area contributed by atoms with Gasteiger partial charge in [0.05, 0.1) is 11.0 Å². The van der Waals surface area contributed by atoms with Gasteiger partial charge >= 0.3 is 0 Å². The van der Waals surface area contributed by atoms with Crippen molar-refractivity contribution in [2.24, 2.45) is 0 Å². The molecular formula is C45H26N4S2. The number of aromatic nitrogens is 4. The van der Waals surface area contributed by atoms with Gasteiger partial charge in [0.2, 0.25) is 0 Å². The van der Waals surface area contributed by atoms with Gasteiger partial charge in [-0.3, -0.25) is 0 Å². The molecule has 0 saturated carbocycles.